The fourth-order valence-electron chi connectivity index (χ4n) is 1.35. The Balaban J connectivity index is 2.40. The lowest BCUT2D eigenvalue weighted by atomic mass is 10.2. The van der Waals surface area contributed by atoms with Gasteiger partial charge in [0.15, 0.2) is 0 Å². The van der Waals surface area contributed by atoms with E-state index < -0.39 is 4.92 Å². The zero-order valence-electron chi connectivity index (χ0n) is 9.83. The number of nitro benzene ring substituents is 1. The average molecular weight is 325 g/mol. The zero-order valence-corrected chi connectivity index (χ0v) is 11.4. The van der Waals surface area contributed by atoms with Crippen molar-refractivity contribution in [3.05, 3.63) is 44.7 Å². The molecule has 0 aliphatic rings. The zero-order chi connectivity index (χ0) is 14.0. The van der Waals surface area contributed by atoms with Crippen LogP contribution in [0.25, 0.3) is 0 Å². The molecule has 0 fully saturated rings. The van der Waals surface area contributed by atoms with E-state index in [1.165, 1.54) is 18.5 Å². The Morgan fingerprint density at radius 3 is 2.84 bits per heavy atom. The van der Waals surface area contributed by atoms with Crippen LogP contribution in [0.5, 0.6) is 11.6 Å². The summed E-state index contributed by atoms with van der Waals surface area (Å²) < 4.78 is 5.93. The highest BCUT2D eigenvalue weighted by Gasteiger charge is 2.13. The summed E-state index contributed by atoms with van der Waals surface area (Å²) >= 11 is 3.20. The number of hydrogen-bond donors (Lipinski definition) is 1. The lowest BCUT2D eigenvalue weighted by Crippen LogP contribution is -1.98. The maximum Gasteiger partial charge on any atom is 0.273 e. The van der Waals surface area contributed by atoms with Crippen molar-refractivity contribution in [2.75, 3.05) is 5.73 Å². The molecule has 0 saturated carbocycles. The quantitative estimate of drug-likeness (QED) is 0.687. The van der Waals surface area contributed by atoms with Gasteiger partial charge in [-0.25, -0.2) is 9.97 Å². The highest BCUT2D eigenvalue weighted by atomic mass is 79.9. The Labute approximate surface area is 116 Å². The average Bonchev–Trinajstić information content (AvgIpc) is 2.37. The van der Waals surface area contributed by atoms with E-state index in [4.69, 9.17) is 10.5 Å². The number of nitrogen functional groups attached to an aromatic ring is 1. The Morgan fingerprint density at radius 1 is 1.42 bits per heavy atom. The molecule has 8 heteroatoms. The fourth-order valence-corrected chi connectivity index (χ4v) is 1.64. The normalized spacial score (nSPS) is 10.2. The monoisotopic (exact) mass is 324 g/mol. The lowest BCUT2D eigenvalue weighted by molar-refractivity contribution is -0.384. The summed E-state index contributed by atoms with van der Waals surface area (Å²) in [5.41, 5.74) is 6.29. The number of nitrogens with zero attached hydrogens (tertiary/aromatic N) is 3. The summed E-state index contributed by atoms with van der Waals surface area (Å²) in [7, 11) is 0. The standard InChI is InChI=1S/C11H9BrN4O3/c1-6-2-3-7(16(17)18)4-8(6)19-11-9(12)10(13)14-5-15-11/h2-5H,1H3,(H2,13,14,15). The first-order valence-corrected chi connectivity index (χ1v) is 5.97. The van der Waals surface area contributed by atoms with Gasteiger partial charge in [-0.1, -0.05) is 0 Å². The van der Waals surface area contributed by atoms with E-state index in [-0.39, 0.29) is 17.4 Å². The molecule has 0 aliphatic carbocycles. The number of ether oxygens (including phenoxy) is 1. The highest BCUT2D eigenvalue weighted by Crippen LogP contribution is 2.33. The Morgan fingerprint density at radius 2 is 2.16 bits per heavy atom. The van der Waals surface area contributed by atoms with E-state index in [9.17, 15) is 10.1 Å². The van der Waals surface area contributed by atoms with Gasteiger partial charge in [0.05, 0.1) is 11.0 Å². The van der Waals surface area contributed by atoms with Gasteiger partial charge in [-0.15, -0.1) is 0 Å². The summed E-state index contributed by atoms with van der Waals surface area (Å²) in [6.07, 6.45) is 1.25. The lowest BCUT2D eigenvalue weighted by Gasteiger charge is -2.09. The van der Waals surface area contributed by atoms with Crippen LogP contribution in [0, 0.1) is 17.0 Å². The SMILES string of the molecule is Cc1ccc([N+](=O)[O-])cc1Oc1ncnc(N)c1Br. The molecule has 0 aliphatic heterocycles. The van der Waals surface area contributed by atoms with E-state index in [0.29, 0.717) is 10.2 Å². The van der Waals surface area contributed by atoms with Gasteiger partial charge in [0, 0.05) is 6.07 Å². The number of nitro groups is 1. The van der Waals surface area contributed by atoms with Gasteiger partial charge in [-0.2, -0.15) is 0 Å². The van der Waals surface area contributed by atoms with Crippen LogP contribution in [0.15, 0.2) is 29.0 Å². The molecule has 2 aromatic rings. The number of anilines is 1. The molecule has 0 atom stereocenters. The van der Waals surface area contributed by atoms with Crippen LogP contribution in [0.2, 0.25) is 0 Å². The third kappa shape index (κ3) is 2.79. The van der Waals surface area contributed by atoms with Crippen LogP contribution >= 0.6 is 15.9 Å². The molecule has 2 rings (SSSR count). The van der Waals surface area contributed by atoms with Crippen molar-refractivity contribution < 1.29 is 9.66 Å². The Hall–Kier alpha value is -2.22. The topological polar surface area (TPSA) is 104 Å². The second-order valence-corrected chi connectivity index (χ2v) is 4.48. The smallest absolute Gasteiger partial charge is 0.273 e. The number of benzene rings is 1. The summed E-state index contributed by atoms with van der Waals surface area (Å²) in [5, 5.41) is 10.7. The predicted molar refractivity (Wildman–Crippen MR) is 72.1 cm³/mol. The van der Waals surface area contributed by atoms with Crippen LogP contribution in [0.3, 0.4) is 0 Å². The molecule has 7 nitrogen and oxygen atoms in total. The van der Waals surface area contributed by atoms with Gasteiger partial charge in [0.1, 0.15) is 22.4 Å². The number of aromatic nitrogens is 2. The molecule has 0 amide bonds. The number of nitrogens with two attached hydrogens (primary N) is 1. The second-order valence-electron chi connectivity index (χ2n) is 3.69. The molecule has 0 radical (unpaired) electrons. The summed E-state index contributed by atoms with van der Waals surface area (Å²) in [5.74, 6) is 0.775. The van der Waals surface area contributed by atoms with Gasteiger partial charge in [0.2, 0.25) is 5.88 Å². The number of halogens is 1. The molecule has 2 N–H and O–H groups in total. The number of rotatable bonds is 3. The highest BCUT2D eigenvalue weighted by molar-refractivity contribution is 9.10. The van der Waals surface area contributed by atoms with Gasteiger partial charge in [-0.05, 0) is 34.5 Å². The van der Waals surface area contributed by atoms with Crippen LogP contribution in [-0.4, -0.2) is 14.9 Å². The molecular formula is C11H9BrN4O3. The van der Waals surface area contributed by atoms with E-state index in [1.54, 1.807) is 13.0 Å². The van der Waals surface area contributed by atoms with Crippen LogP contribution in [-0.2, 0) is 0 Å². The van der Waals surface area contributed by atoms with Crippen molar-refractivity contribution in [3.8, 4) is 11.6 Å². The summed E-state index contributed by atoms with van der Waals surface area (Å²) in [6, 6.07) is 4.34. The van der Waals surface area contributed by atoms with Crippen LogP contribution in [0.1, 0.15) is 5.56 Å². The molecule has 0 bridgehead atoms. The summed E-state index contributed by atoms with van der Waals surface area (Å²) in [6.45, 7) is 1.78. The first kappa shape index (κ1) is 13.2. The van der Waals surface area contributed by atoms with Crippen molar-refractivity contribution in [2.45, 2.75) is 6.92 Å². The first-order valence-electron chi connectivity index (χ1n) is 5.18. The van der Waals surface area contributed by atoms with Gasteiger partial charge in [-0.3, -0.25) is 10.1 Å². The fraction of sp³-hybridized carbons (Fsp3) is 0.0909. The van der Waals surface area contributed by atoms with Crippen molar-refractivity contribution in [3.63, 3.8) is 0 Å². The number of aryl methyl sites for hydroxylation is 1. The van der Waals surface area contributed by atoms with Crippen LogP contribution < -0.4 is 10.5 Å². The van der Waals surface area contributed by atoms with E-state index in [1.807, 2.05) is 0 Å². The third-order valence-corrected chi connectivity index (χ3v) is 3.12. The van der Waals surface area contributed by atoms with Crippen molar-refractivity contribution in [1.82, 2.24) is 9.97 Å². The number of hydrogen-bond acceptors (Lipinski definition) is 6. The third-order valence-electron chi connectivity index (χ3n) is 2.37. The Kier molecular flexibility index (Phi) is 3.61. The van der Waals surface area contributed by atoms with Crippen molar-refractivity contribution in [2.24, 2.45) is 0 Å². The summed E-state index contributed by atoms with van der Waals surface area (Å²) in [4.78, 5) is 17.9. The van der Waals surface area contributed by atoms with E-state index >= 15 is 0 Å². The molecule has 0 spiro atoms. The molecule has 0 unspecified atom stereocenters. The molecule has 98 valence electrons. The minimum atomic E-state index is -0.490. The van der Waals surface area contributed by atoms with Crippen LogP contribution in [0.4, 0.5) is 11.5 Å². The minimum Gasteiger partial charge on any atom is -0.437 e. The minimum absolute atomic E-state index is 0.0567. The van der Waals surface area contributed by atoms with E-state index in [2.05, 4.69) is 25.9 Å². The molecule has 0 saturated heterocycles. The molecule has 1 heterocycles. The second kappa shape index (κ2) is 5.19. The molecule has 1 aromatic heterocycles. The van der Waals surface area contributed by atoms with E-state index in [0.717, 1.165) is 5.56 Å². The van der Waals surface area contributed by atoms with Gasteiger partial charge < -0.3 is 10.5 Å². The predicted octanol–water partition coefficient (Wildman–Crippen LogP) is 2.83. The number of non-ortho nitro benzene ring substituents is 1. The Bertz CT molecular complexity index is 648. The van der Waals surface area contributed by atoms with Crippen molar-refractivity contribution >= 4 is 27.4 Å². The molecular weight excluding hydrogens is 316 g/mol. The molecule has 19 heavy (non-hydrogen) atoms. The largest absolute Gasteiger partial charge is 0.437 e. The molecule has 1 aromatic carbocycles. The maximum atomic E-state index is 10.7. The van der Waals surface area contributed by atoms with Gasteiger partial charge in [0.25, 0.3) is 5.69 Å². The van der Waals surface area contributed by atoms with Crippen molar-refractivity contribution in [1.29, 1.82) is 0 Å². The van der Waals surface area contributed by atoms with Gasteiger partial charge >= 0.3 is 0 Å². The first-order chi connectivity index (χ1) is 8.99. The maximum absolute atomic E-state index is 10.7.